The molecule has 11 heteroatoms. The number of ether oxygens (including phenoxy) is 1. The van der Waals surface area contributed by atoms with Gasteiger partial charge in [-0.05, 0) is 86.3 Å². The lowest BCUT2D eigenvalue weighted by molar-refractivity contribution is -0.135. The molecular weight excluding hydrogens is 649 g/mol. The Morgan fingerprint density at radius 2 is 1.71 bits per heavy atom. The number of primary amides is 2. The van der Waals surface area contributed by atoms with Crippen LogP contribution in [0.25, 0.3) is 10.8 Å². The molecule has 48 heavy (non-hydrogen) atoms. The number of nitrogens with two attached hydrogens (primary N) is 2. The highest BCUT2D eigenvalue weighted by Gasteiger charge is 2.45. The Bertz CT molecular complexity index is 1710. The Morgan fingerprint density at radius 1 is 1.00 bits per heavy atom. The van der Waals surface area contributed by atoms with Gasteiger partial charge in [-0.2, -0.15) is 0 Å². The van der Waals surface area contributed by atoms with Crippen molar-refractivity contribution >= 4 is 51.7 Å². The van der Waals surface area contributed by atoms with Crippen molar-refractivity contribution in [3.05, 3.63) is 75.3 Å². The van der Waals surface area contributed by atoms with E-state index in [2.05, 4.69) is 15.7 Å². The average molecular weight is 693 g/mol. The summed E-state index contributed by atoms with van der Waals surface area (Å²) in [5.74, 6) is 1.35. The molecule has 2 fully saturated rings. The molecule has 2 aliphatic heterocycles. The number of carbonyl (C=O) groups is 3. The number of likely N-dealkylation sites (tertiary alicyclic amines) is 2. The molecule has 0 aromatic heterocycles. The molecule has 0 saturated carbocycles. The molecule has 5 rings (SSSR count). The summed E-state index contributed by atoms with van der Waals surface area (Å²) in [5.41, 5.74) is 12.7. The van der Waals surface area contributed by atoms with Crippen LogP contribution in [0.15, 0.2) is 48.5 Å². The van der Waals surface area contributed by atoms with E-state index in [4.69, 9.17) is 45.8 Å². The van der Waals surface area contributed by atoms with E-state index < -0.39 is 17.4 Å². The normalized spacial score (nSPS) is 17.4. The predicted molar refractivity (Wildman–Crippen MR) is 190 cm³/mol. The van der Waals surface area contributed by atoms with Crippen LogP contribution in [-0.4, -0.2) is 90.9 Å². The van der Waals surface area contributed by atoms with Gasteiger partial charge >= 0.3 is 0 Å². The highest BCUT2D eigenvalue weighted by Crippen LogP contribution is 2.36. The van der Waals surface area contributed by atoms with Crippen LogP contribution in [0.4, 0.5) is 0 Å². The fourth-order valence-electron chi connectivity index (χ4n) is 7.35. The summed E-state index contributed by atoms with van der Waals surface area (Å²) in [4.78, 5) is 45.8. The van der Waals surface area contributed by atoms with E-state index in [-0.39, 0.29) is 36.2 Å². The Morgan fingerprint density at radius 3 is 2.33 bits per heavy atom. The van der Waals surface area contributed by atoms with Gasteiger partial charge in [0.25, 0.3) is 5.91 Å². The second-order valence-corrected chi connectivity index (χ2v) is 13.6. The molecule has 3 amide bonds. The fraction of sp³-hybridized carbons (Fsp3) is 0.432. The van der Waals surface area contributed by atoms with E-state index in [1.54, 1.807) is 18.2 Å². The Kier molecular flexibility index (Phi) is 11.5. The monoisotopic (exact) mass is 691 g/mol. The van der Waals surface area contributed by atoms with E-state index in [1.165, 1.54) is 18.4 Å². The van der Waals surface area contributed by atoms with Crippen molar-refractivity contribution in [1.29, 1.82) is 0 Å². The molecule has 9 nitrogen and oxygen atoms in total. The number of methoxy groups -OCH3 is 1. The summed E-state index contributed by atoms with van der Waals surface area (Å²) in [6.07, 6.45) is 11.2. The minimum absolute atomic E-state index is 0.171. The SMILES string of the molecule is C#Cc1cc2ccccc2c(C(=O)N(CC(N)=O)C[C@@H](CCN2CCC(C(N)=O)(N3CCCCC3)CC2)c2ccc(Cl)c(Cl)c2)c1OC. The van der Waals surface area contributed by atoms with Crippen LogP contribution in [0, 0.1) is 12.3 Å². The number of amides is 3. The molecule has 2 saturated heterocycles. The third-order valence-corrected chi connectivity index (χ3v) is 10.7. The number of halogens is 2. The van der Waals surface area contributed by atoms with Gasteiger partial charge in [0.1, 0.15) is 11.3 Å². The molecule has 2 aliphatic rings. The van der Waals surface area contributed by atoms with Crippen molar-refractivity contribution in [1.82, 2.24) is 14.7 Å². The van der Waals surface area contributed by atoms with Crippen LogP contribution in [0.2, 0.25) is 10.0 Å². The van der Waals surface area contributed by atoms with Crippen LogP contribution < -0.4 is 16.2 Å². The number of rotatable bonds is 12. The first-order valence-corrected chi connectivity index (χ1v) is 17.2. The molecule has 0 radical (unpaired) electrons. The number of terminal acetylenes is 1. The summed E-state index contributed by atoms with van der Waals surface area (Å²) in [6, 6.07) is 14.6. The fourth-order valence-corrected chi connectivity index (χ4v) is 7.65. The van der Waals surface area contributed by atoms with Crippen LogP contribution in [0.1, 0.15) is 65.9 Å². The van der Waals surface area contributed by atoms with E-state index in [0.29, 0.717) is 46.8 Å². The van der Waals surface area contributed by atoms with Gasteiger partial charge in [-0.15, -0.1) is 6.42 Å². The highest BCUT2D eigenvalue weighted by molar-refractivity contribution is 6.42. The summed E-state index contributed by atoms with van der Waals surface area (Å²) in [5, 5.41) is 2.24. The van der Waals surface area contributed by atoms with Gasteiger partial charge in [0.05, 0.1) is 34.8 Å². The summed E-state index contributed by atoms with van der Waals surface area (Å²) in [6.45, 7) is 3.79. The topological polar surface area (TPSA) is 122 Å². The largest absolute Gasteiger partial charge is 0.495 e. The van der Waals surface area contributed by atoms with Gasteiger partial charge < -0.3 is 26.0 Å². The number of nitrogens with zero attached hydrogens (tertiary/aromatic N) is 3. The molecule has 0 aliphatic carbocycles. The minimum atomic E-state index is -0.649. The van der Waals surface area contributed by atoms with Crippen molar-refractivity contribution in [2.45, 2.75) is 50.0 Å². The molecule has 0 spiro atoms. The first-order chi connectivity index (χ1) is 23.1. The van der Waals surface area contributed by atoms with Gasteiger partial charge in [-0.1, -0.05) is 65.9 Å². The Balaban J connectivity index is 1.43. The molecule has 3 aromatic rings. The van der Waals surface area contributed by atoms with Crippen molar-refractivity contribution in [2.24, 2.45) is 11.5 Å². The summed E-state index contributed by atoms with van der Waals surface area (Å²) >= 11 is 12.8. The number of piperidine rings is 2. The van der Waals surface area contributed by atoms with E-state index in [1.807, 2.05) is 30.3 Å². The Hall–Kier alpha value is -3.81. The summed E-state index contributed by atoms with van der Waals surface area (Å²) < 4.78 is 5.69. The number of hydrogen-bond acceptors (Lipinski definition) is 6. The molecule has 0 bridgehead atoms. The molecule has 0 unspecified atom stereocenters. The zero-order valence-electron chi connectivity index (χ0n) is 27.4. The van der Waals surface area contributed by atoms with Gasteiger partial charge in [-0.3, -0.25) is 19.3 Å². The summed E-state index contributed by atoms with van der Waals surface area (Å²) in [7, 11) is 1.47. The number of carbonyl (C=O) groups excluding carboxylic acids is 3. The first kappa shape index (κ1) is 35.5. The van der Waals surface area contributed by atoms with E-state index >= 15 is 0 Å². The average Bonchev–Trinajstić information content (AvgIpc) is 3.09. The van der Waals surface area contributed by atoms with Crippen molar-refractivity contribution in [3.8, 4) is 18.1 Å². The van der Waals surface area contributed by atoms with Crippen LogP contribution in [0.5, 0.6) is 5.75 Å². The molecule has 3 aromatic carbocycles. The van der Waals surface area contributed by atoms with Crippen molar-refractivity contribution in [2.75, 3.05) is 52.9 Å². The van der Waals surface area contributed by atoms with E-state index in [0.717, 1.165) is 50.0 Å². The maximum absolute atomic E-state index is 14.5. The lowest BCUT2D eigenvalue weighted by Gasteiger charge is -2.48. The van der Waals surface area contributed by atoms with Crippen LogP contribution in [0.3, 0.4) is 0 Å². The lowest BCUT2D eigenvalue weighted by Crippen LogP contribution is -2.63. The molecule has 2 heterocycles. The van der Waals surface area contributed by atoms with Gasteiger partial charge in [0, 0.05) is 25.6 Å². The Labute approximate surface area is 292 Å². The number of benzene rings is 3. The van der Waals surface area contributed by atoms with Gasteiger partial charge in [0.2, 0.25) is 11.8 Å². The maximum Gasteiger partial charge on any atom is 0.258 e. The van der Waals surface area contributed by atoms with E-state index in [9.17, 15) is 14.4 Å². The third-order valence-electron chi connectivity index (χ3n) is 9.96. The molecule has 1 atom stereocenters. The molecular formula is C37H43Cl2N5O4. The zero-order chi connectivity index (χ0) is 34.4. The third kappa shape index (κ3) is 7.58. The molecule has 4 N–H and O–H groups in total. The van der Waals surface area contributed by atoms with Crippen LogP contribution >= 0.6 is 23.2 Å². The minimum Gasteiger partial charge on any atom is -0.495 e. The highest BCUT2D eigenvalue weighted by atomic mass is 35.5. The van der Waals surface area contributed by atoms with Crippen molar-refractivity contribution in [3.63, 3.8) is 0 Å². The lowest BCUT2D eigenvalue weighted by atomic mass is 9.83. The predicted octanol–water partition coefficient (Wildman–Crippen LogP) is 5.04. The van der Waals surface area contributed by atoms with Crippen LogP contribution in [-0.2, 0) is 9.59 Å². The zero-order valence-corrected chi connectivity index (χ0v) is 28.9. The smallest absolute Gasteiger partial charge is 0.258 e. The second-order valence-electron chi connectivity index (χ2n) is 12.8. The van der Waals surface area contributed by atoms with Crippen molar-refractivity contribution < 1.29 is 19.1 Å². The quantitative estimate of drug-likeness (QED) is 0.257. The molecule has 254 valence electrons. The number of hydrogen-bond donors (Lipinski definition) is 2. The first-order valence-electron chi connectivity index (χ1n) is 16.4. The van der Waals surface area contributed by atoms with Gasteiger partial charge in [-0.25, -0.2) is 0 Å². The van der Waals surface area contributed by atoms with Gasteiger partial charge in [0.15, 0.2) is 0 Å². The standard InChI is InChI=1S/C37H43Cl2N5O4/c1-3-25-21-27-9-5-6-10-29(27)33(34(25)48-2)35(46)43(24-32(40)45)23-28(26-11-12-30(38)31(39)22-26)13-18-42-19-14-37(15-20-42,36(41)47)44-16-7-4-8-17-44/h1,5-6,9-12,21-22,28H,4,7-8,13-20,23-24H2,2H3,(H2,40,45)(H2,41,47)/t28-/m1/s1. The number of fused-ring (bicyclic) bond motifs is 1. The maximum atomic E-state index is 14.5. The second kappa shape index (κ2) is 15.6.